The van der Waals surface area contributed by atoms with E-state index >= 15 is 0 Å². The highest BCUT2D eigenvalue weighted by molar-refractivity contribution is 9.10. The van der Waals surface area contributed by atoms with Crippen molar-refractivity contribution in [2.75, 3.05) is 33.0 Å². The number of fused-ring (bicyclic) bond motifs is 1. The normalized spacial score (nSPS) is 18.0. The summed E-state index contributed by atoms with van der Waals surface area (Å²) in [6, 6.07) is 13.8. The predicted molar refractivity (Wildman–Crippen MR) is 106 cm³/mol. The van der Waals surface area contributed by atoms with Crippen LogP contribution in [0, 0.1) is 0 Å². The molecule has 0 unspecified atom stereocenters. The van der Waals surface area contributed by atoms with Gasteiger partial charge in [0, 0.05) is 29.6 Å². The van der Waals surface area contributed by atoms with Crippen LogP contribution < -0.4 is 14.8 Å². The Labute approximate surface area is 167 Å². The first-order valence-electron chi connectivity index (χ1n) is 9.19. The van der Waals surface area contributed by atoms with E-state index in [1.54, 1.807) is 6.07 Å². The third-order valence-electron chi connectivity index (χ3n) is 5.30. The summed E-state index contributed by atoms with van der Waals surface area (Å²) in [6.07, 6.45) is 1.75. The average molecular weight is 432 g/mol. The molecule has 0 atom stereocenters. The lowest BCUT2D eigenvalue weighted by Gasteiger charge is -2.38. The fourth-order valence-electron chi connectivity index (χ4n) is 3.73. The van der Waals surface area contributed by atoms with E-state index in [9.17, 15) is 4.79 Å². The molecule has 1 saturated heterocycles. The Morgan fingerprint density at radius 2 is 1.74 bits per heavy atom. The number of carbonyl (C=O) groups excluding carboxylic acids is 1. The van der Waals surface area contributed by atoms with Gasteiger partial charge in [-0.05, 0) is 42.7 Å². The molecular weight excluding hydrogens is 410 g/mol. The first-order valence-corrected chi connectivity index (χ1v) is 9.98. The summed E-state index contributed by atoms with van der Waals surface area (Å²) in [5.74, 6) is 1.02. The third kappa shape index (κ3) is 3.82. The summed E-state index contributed by atoms with van der Waals surface area (Å²) in [4.78, 5) is 12.9. The minimum Gasteiger partial charge on any atom is -0.486 e. The molecule has 2 aromatic rings. The number of rotatable bonds is 4. The maximum atomic E-state index is 12.9. The van der Waals surface area contributed by atoms with E-state index in [-0.39, 0.29) is 11.3 Å². The van der Waals surface area contributed by atoms with Gasteiger partial charge in [0.05, 0.1) is 5.56 Å². The van der Waals surface area contributed by atoms with E-state index in [0.29, 0.717) is 50.0 Å². The number of carbonyl (C=O) groups is 1. The molecule has 142 valence electrons. The number of halogens is 1. The van der Waals surface area contributed by atoms with E-state index in [0.717, 1.165) is 17.3 Å². The fraction of sp³-hybridized carbons (Fsp3) is 0.381. The zero-order chi connectivity index (χ0) is 18.7. The first-order chi connectivity index (χ1) is 13.2. The Hall–Kier alpha value is -2.05. The van der Waals surface area contributed by atoms with E-state index in [1.807, 2.05) is 24.3 Å². The van der Waals surface area contributed by atoms with Crippen molar-refractivity contribution in [3.8, 4) is 11.5 Å². The van der Waals surface area contributed by atoms with Crippen LogP contribution >= 0.6 is 15.9 Å². The van der Waals surface area contributed by atoms with E-state index in [1.165, 1.54) is 5.56 Å². The minimum atomic E-state index is -0.139. The third-order valence-corrected chi connectivity index (χ3v) is 5.83. The largest absolute Gasteiger partial charge is 0.486 e. The molecule has 6 heteroatoms. The van der Waals surface area contributed by atoms with Crippen LogP contribution in [-0.2, 0) is 10.2 Å². The summed E-state index contributed by atoms with van der Waals surface area (Å²) in [7, 11) is 0. The molecule has 0 radical (unpaired) electrons. The van der Waals surface area contributed by atoms with Gasteiger partial charge in [-0.25, -0.2) is 0 Å². The zero-order valence-electron chi connectivity index (χ0n) is 15.0. The lowest BCUT2D eigenvalue weighted by atomic mass is 9.74. The van der Waals surface area contributed by atoms with Crippen LogP contribution in [0.25, 0.3) is 0 Å². The van der Waals surface area contributed by atoms with Crippen molar-refractivity contribution in [3.63, 3.8) is 0 Å². The number of amides is 1. The van der Waals surface area contributed by atoms with Crippen molar-refractivity contribution in [2.24, 2.45) is 0 Å². The van der Waals surface area contributed by atoms with Crippen LogP contribution in [-0.4, -0.2) is 38.9 Å². The molecule has 0 aromatic heterocycles. The maximum absolute atomic E-state index is 12.9. The van der Waals surface area contributed by atoms with E-state index < -0.39 is 0 Å². The van der Waals surface area contributed by atoms with Crippen molar-refractivity contribution < 1.29 is 19.0 Å². The molecule has 1 fully saturated rings. The van der Waals surface area contributed by atoms with Gasteiger partial charge in [0.15, 0.2) is 11.5 Å². The van der Waals surface area contributed by atoms with E-state index in [4.69, 9.17) is 14.2 Å². The van der Waals surface area contributed by atoms with Gasteiger partial charge in [-0.15, -0.1) is 0 Å². The fourth-order valence-corrected chi connectivity index (χ4v) is 3.99. The number of para-hydroxylation sites is 1. The van der Waals surface area contributed by atoms with Crippen LogP contribution in [0.1, 0.15) is 28.8 Å². The molecule has 0 saturated carbocycles. The Balaban J connectivity index is 1.55. The van der Waals surface area contributed by atoms with Crippen LogP contribution in [0.4, 0.5) is 0 Å². The van der Waals surface area contributed by atoms with Gasteiger partial charge in [0.25, 0.3) is 5.91 Å². The van der Waals surface area contributed by atoms with Crippen LogP contribution in [0.15, 0.2) is 46.9 Å². The molecule has 0 aliphatic carbocycles. The Kier molecular flexibility index (Phi) is 5.36. The van der Waals surface area contributed by atoms with Crippen molar-refractivity contribution in [1.29, 1.82) is 0 Å². The van der Waals surface area contributed by atoms with Gasteiger partial charge >= 0.3 is 0 Å². The second-order valence-electron chi connectivity index (χ2n) is 6.91. The summed E-state index contributed by atoms with van der Waals surface area (Å²) >= 11 is 3.49. The van der Waals surface area contributed by atoms with Gasteiger partial charge < -0.3 is 19.5 Å². The Morgan fingerprint density at radius 1 is 1.00 bits per heavy atom. The quantitative estimate of drug-likeness (QED) is 0.801. The standard InChI is InChI=1S/C21H22BrNO4/c22-16-6-4-15(5-7-16)21(8-10-25-11-9-21)14-23-20(24)17-2-1-3-18-19(17)27-13-12-26-18/h1-7H,8-14H2,(H,23,24). The van der Waals surface area contributed by atoms with Crippen molar-refractivity contribution in [2.45, 2.75) is 18.3 Å². The van der Waals surface area contributed by atoms with E-state index in [2.05, 4.69) is 33.4 Å². The lowest BCUT2D eigenvalue weighted by molar-refractivity contribution is 0.0486. The predicted octanol–water partition coefficient (Wildman–Crippen LogP) is 3.70. The maximum Gasteiger partial charge on any atom is 0.255 e. The number of benzene rings is 2. The summed E-state index contributed by atoms with van der Waals surface area (Å²) in [5.41, 5.74) is 1.62. The Bertz CT molecular complexity index is 815. The summed E-state index contributed by atoms with van der Waals surface area (Å²) in [6.45, 7) is 2.91. The van der Waals surface area contributed by atoms with Crippen LogP contribution in [0.2, 0.25) is 0 Å². The van der Waals surface area contributed by atoms with Gasteiger partial charge in [0.2, 0.25) is 0 Å². The molecule has 27 heavy (non-hydrogen) atoms. The number of nitrogens with one attached hydrogen (secondary N) is 1. The highest BCUT2D eigenvalue weighted by Crippen LogP contribution is 2.36. The van der Waals surface area contributed by atoms with Crippen LogP contribution in [0.5, 0.6) is 11.5 Å². The molecule has 4 rings (SSSR count). The SMILES string of the molecule is O=C(NCC1(c2ccc(Br)cc2)CCOCC1)c1cccc2c1OCCO2. The number of ether oxygens (including phenoxy) is 3. The molecular formula is C21H22BrNO4. The molecule has 2 aliphatic heterocycles. The van der Waals surface area contributed by atoms with Gasteiger partial charge in [0.1, 0.15) is 13.2 Å². The topological polar surface area (TPSA) is 56.8 Å². The highest BCUT2D eigenvalue weighted by atomic mass is 79.9. The molecule has 1 amide bonds. The number of hydrogen-bond donors (Lipinski definition) is 1. The van der Waals surface area contributed by atoms with Crippen molar-refractivity contribution in [1.82, 2.24) is 5.32 Å². The smallest absolute Gasteiger partial charge is 0.255 e. The molecule has 2 aliphatic rings. The summed E-state index contributed by atoms with van der Waals surface area (Å²) in [5, 5.41) is 3.13. The lowest BCUT2D eigenvalue weighted by Crippen LogP contribution is -2.44. The molecule has 2 heterocycles. The van der Waals surface area contributed by atoms with Gasteiger partial charge in [-0.2, -0.15) is 0 Å². The monoisotopic (exact) mass is 431 g/mol. The molecule has 1 N–H and O–H groups in total. The average Bonchev–Trinajstić information content (AvgIpc) is 2.73. The second kappa shape index (κ2) is 7.90. The molecule has 0 spiro atoms. The second-order valence-corrected chi connectivity index (χ2v) is 7.83. The number of hydrogen-bond acceptors (Lipinski definition) is 4. The van der Waals surface area contributed by atoms with Crippen molar-refractivity contribution >= 4 is 21.8 Å². The summed E-state index contributed by atoms with van der Waals surface area (Å²) < 4.78 is 17.9. The zero-order valence-corrected chi connectivity index (χ0v) is 16.6. The minimum absolute atomic E-state index is 0.124. The van der Waals surface area contributed by atoms with Gasteiger partial charge in [-0.3, -0.25) is 4.79 Å². The molecule has 5 nitrogen and oxygen atoms in total. The molecule has 0 bridgehead atoms. The first kappa shape index (κ1) is 18.3. The van der Waals surface area contributed by atoms with Gasteiger partial charge in [-0.1, -0.05) is 34.1 Å². The molecule has 2 aromatic carbocycles. The van der Waals surface area contributed by atoms with Crippen LogP contribution in [0.3, 0.4) is 0 Å². The Morgan fingerprint density at radius 3 is 2.52 bits per heavy atom. The highest BCUT2D eigenvalue weighted by Gasteiger charge is 2.35. The van der Waals surface area contributed by atoms with Crippen molar-refractivity contribution in [3.05, 3.63) is 58.1 Å².